The zero-order valence-electron chi connectivity index (χ0n) is 14.0. The molecule has 1 aromatic heterocycles. The van der Waals surface area contributed by atoms with Crippen LogP contribution in [-0.2, 0) is 4.79 Å². The Bertz CT molecular complexity index is 711. The fourth-order valence-corrected chi connectivity index (χ4v) is 3.68. The standard InChI is InChI=1S/C20H23NO2/c1-4-14-11-13(2)17(12-22)15-9-10-18(21-20(14)15)16-7-5-6-8-19(16)23-3/h5-10,12-14,17H,4,11H2,1-3H3. The Kier molecular flexibility index (Phi) is 4.46. The third-order valence-corrected chi connectivity index (χ3v) is 4.99. The average Bonchev–Trinajstić information content (AvgIpc) is 2.60. The van der Waals surface area contributed by atoms with Crippen molar-refractivity contribution in [2.45, 2.75) is 38.5 Å². The number of hydrogen-bond acceptors (Lipinski definition) is 3. The van der Waals surface area contributed by atoms with Gasteiger partial charge >= 0.3 is 0 Å². The Morgan fingerprint density at radius 3 is 2.74 bits per heavy atom. The summed E-state index contributed by atoms with van der Waals surface area (Å²) in [6.45, 7) is 4.36. The van der Waals surface area contributed by atoms with Crippen LogP contribution in [0.4, 0.5) is 0 Å². The van der Waals surface area contributed by atoms with Crippen LogP contribution in [0.1, 0.15) is 49.8 Å². The number of benzene rings is 1. The van der Waals surface area contributed by atoms with E-state index in [1.165, 1.54) is 0 Å². The molecule has 1 aromatic carbocycles. The van der Waals surface area contributed by atoms with Gasteiger partial charge in [0.05, 0.1) is 12.8 Å². The molecule has 0 amide bonds. The Balaban J connectivity index is 2.12. The van der Waals surface area contributed by atoms with E-state index in [0.717, 1.165) is 47.4 Å². The third kappa shape index (κ3) is 2.76. The van der Waals surface area contributed by atoms with Crippen molar-refractivity contribution in [3.8, 4) is 17.0 Å². The SMILES string of the molecule is CCC1CC(C)C(C=O)c2ccc(-c3ccccc3OC)nc21. The first-order valence-electron chi connectivity index (χ1n) is 8.29. The molecule has 0 bridgehead atoms. The fourth-order valence-electron chi connectivity index (χ4n) is 3.68. The number of ether oxygens (including phenoxy) is 1. The number of carbonyl (C=O) groups is 1. The van der Waals surface area contributed by atoms with Crippen molar-refractivity contribution in [3.63, 3.8) is 0 Å². The van der Waals surface area contributed by atoms with E-state index in [9.17, 15) is 4.79 Å². The van der Waals surface area contributed by atoms with E-state index in [1.807, 2.05) is 30.3 Å². The second kappa shape index (κ2) is 6.53. The second-order valence-corrected chi connectivity index (χ2v) is 6.35. The molecule has 3 unspecified atom stereocenters. The lowest BCUT2D eigenvalue weighted by Crippen LogP contribution is -2.24. The highest BCUT2D eigenvalue weighted by Crippen LogP contribution is 2.43. The highest BCUT2D eigenvalue weighted by atomic mass is 16.5. The maximum Gasteiger partial charge on any atom is 0.128 e. The number of aromatic nitrogens is 1. The van der Waals surface area contributed by atoms with Crippen LogP contribution in [0.2, 0.25) is 0 Å². The highest BCUT2D eigenvalue weighted by Gasteiger charge is 2.33. The van der Waals surface area contributed by atoms with Gasteiger partial charge in [-0.2, -0.15) is 0 Å². The first-order valence-corrected chi connectivity index (χ1v) is 8.29. The van der Waals surface area contributed by atoms with E-state index in [2.05, 4.69) is 19.9 Å². The number of carbonyl (C=O) groups excluding carboxylic acids is 1. The number of nitrogens with zero attached hydrogens (tertiary/aromatic N) is 1. The number of para-hydroxylation sites is 1. The molecular formula is C20H23NO2. The van der Waals surface area contributed by atoms with Gasteiger partial charge in [-0.3, -0.25) is 4.98 Å². The summed E-state index contributed by atoms with van der Waals surface area (Å²) in [6, 6.07) is 12.0. The van der Waals surface area contributed by atoms with Gasteiger partial charge in [0.1, 0.15) is 12.0 Å². The van der Waals surface area contributed by atoms with Crippen LogP contribution in [0.5, 0.6) is 5.75 Å². The van der Waals surface area contributed by atoms with E-state index >= 15 is 0 Å². The minimum atomic E-state index is -0.0352. The van der Waals surface area contributed by atoms with Gasteiger partial charge < -0.3 is 9.53 Å². The van der Waals surface area contributed by atoms with E-state index in [0.29, 0.717) is 11.8 Å². The molecule has 3 heteroatoms. The number of fused-ring (bicyclic) bond motifs is 1. The molecule has 0 spiro atoms. The van der Waals surface area contributed by atoms with Crippen LogP contribution in [-0.4, -0.2) is 18.4 Å². The predicted molar refractivity (Wildman–Crippen MR) is 91.8 cm³/mol. The predicted octanol–water partition coefficient (Wildman–Crippen LogP) is 4.57. The van der Waals surface area contributed by atoms with Gasteiger partial charge in [-0.25, -0.2) is 0 Å². The molecule has 1 aliphatic rings. The Morgan fingerprint density at radius 2 is 2.04 bits per heavy atom. The summed E-state index contributed by atoms with van der Waals surface area (Å²) in [5.41, 5.74) is 4.10. The van der Waals surface area contributed by atoms with Crippen molar-refractivity contribution in [3.05, 3.63) is 47.7 Å². The normalized spacial score (nSPS) is 23.2. The van der Waals surface area contributed by atoms with Crippen LogP contribution < -0.4 is 4.74 Å². The molecule has 1 heterocycles. The van der Waals surface area contributed by atoms with Gasteiger partial charge in [-0.1, -0.05) is 32.0 Å². The summed E-state index contributed by atoms with van der Waals surface area (Å²) in [5.74, 6) is 1.59. The minimum absolute atomic E-state index is 0.0352. The molecule has 0 N–H and O–H groups in total. The summed E-state index contributed by atoms with van der Waals surface area (Å²) >= 11 is 0. The molecule has 3 rings (SSSR count). The van der Waals surface area contributed by atoms with Gasteiger partial charge in [0, 0.05) is 23.1 Å². The largest absolute Gasteiger partial charge is 0.496 e. The average molecular weight is 309 g/mol. The summed E-state index contributed by atoms with van der Waals surface area (Å²) in [6.07, 6.45) is 3.15. The molecule has 2 aromatic rings. The summed E-state index contributed by atoms with van der Waals surface area (Å²) in [4.78, 5) is 16.5. The third-order valence-electron chi connectivity index (χ3n) is 4.99. The van der Waals surface area contributed by atoms with Crippen molar-refractivity contribution < 1.29 is 9.53 Å². The van der Waals surface area contributed by atoms with Gasteiger partial charge in [0.2, 0.25) is 0 Å². The molecule has 0 radical (unpaired) electrons. The van der Waals surface area contributed by atoms with Gasteiger partial charge in [-0.15, -0.1) is 0 Å². The highest BCUT2D eigenvalue weighted by molar-refractivity contribution is 5.70. The van der Waals surface area contributed by atoms with Crippen LogP contribution >= 0.6 is 0 Å². The first kappa shape index (κ1) is 15.7. The van der Waals surface area contributed by atoms with E-state index in [1.54, 1.807) is 7.11 Å². The second-order valence-electron chi connectivity index (χ2n) is 6.35. The number of rotatable bonds is 4. The summed E-state index contributed by atoms with van der Waals surface area (Å²) in [7, 11) is 1.68. The smallest absolute Gasteiger partial charge is 0.128 e. The fraction of sp³-hybridized carbons (Fsp3) is 0.400. The lowest BCUT2D eigenvalue weighted by Gasteiger charge is -2.33. The van der Waals surface area contributed by atoms with Crippen LogP contribution in [0.3, 0.4) is 0 Å². The molecule has 0 saturated carbocycles. The minimum Gasteiger partial charge on any atom is -0.496 e. The van der Waals surface area contributed by atoms with E-state index in [-0.39, 0.29) is 5.92 Å². The number of aldehydes is 1. The number of pyridine rings is 1. The summed E-state index contributed by atoms with van der Waals surface area (Å²) in [5, 5.41) is 0. The molecular weight excluding hydrogens is 286 g/mol. The molecule has 3 nitrogen and oxygen atoms in total. The van der Waals surface area contributed by atoms with Crippen molar-refractivity contribution >= 4 is 6.29 Å². The van der Waals surface area contributed by atoms with Crippen LogP contribution in [0.15, 0.2) is 36.4 Å². The van der Waals surface area contributed by atoms with Crippen molar-refractivity contribution in [2.24, 2.45) is 5.92 Å². The molecule has 3 atom stereocenters. The van der Waals surface area contributed by atoms with Gasteiger partial charge in [0.25, 0.3) is 0 Å². The topological polar surface area (TPSA) is 39.2 Å². The number of methoxy groups -OCH3 is 1. The van der Waals surface area contributed by atoms with Crippen LogP contribution in [0, 0.1) is 5.92 Å². The van der Waals surface area contributed by atoms with Crippen molar-refractivity contribution in [2.75, 3.05) is 7.11 Å². The molecule has 0 fully saturated rings. The Morgan fingerprint density at radius 1 is 1.26 bits per heavy atom. The molecule has 120 valence electrons. The summed E-state index contributed by atoms with van der Waals surface area (Å²) < 4.78 is 5.46. The van der Waals surface area contributed by atoms with Crippen molar-refractivity contribution in [1.82, 2.24) is 4.98 Å². The molecule has 0 saturated heterocycles. The lowest BCUT2D eigenvalue weighted by atomic mass is 9.72. The van der Waals surface area contributed by atoms with Gasteiger partial charge in [-0.05, 0) is 42.5 Å². The lowest BCUT2D eigenvalue weighted by molar-refractivity contribution is -0.110. The molecule has 0 aliphatic heterocycles. The van der Waals surface area contributed by atoms with E-state index in [4.69, 9.17) is 9.72 Å². The zero-order valence-corrected chi connectivity index (χ0v) is 14.0. The van der Waals surface area contributed by atoms with Crippen LogP contribution in [0.25, 0.3) is 11.3 Å². The maximum absolute atomic E-state index is 11.5. The van der Waals surface area contributed by atoms with Gasteiger partial charge in [0.15, 0.2) is 0 Å². The number of hydrogen-bond donors (Lipinski definition) is 0. The zero-order chi connectivity index (χ0) is 16.4. The quantitative estimate of drug-likeness (QED) is 0.776. The van der Waals surface area contributed by atoms with Crippen molar-refractivity contribution in [1.29, 1.82) is 0 Å². The molecule has 23 heavy (non-hydrogen) atoms. The maximum atomic E-state index is 11.5. The Labute approximate surface area is 137 Å². The Hall–Kier alpha value is -2.16. The first-order chi connectivity index (χ1) is 11.2. The molecule has 1 aliphatic carbocycles. The van der Waals surface area contributed by atoms with E-state index < -0.39 is 0 Å². The monoisotopic (exact) mass is 309 g/mol.